The molecule has 0 atom stereocenters. The van der Waals surface area contributed by atoms with Crippen LogP contribution in [0, 0.1) is 0 Å². The average Bonchev–Trinajstić information content (AvgIpc) is 2.72. The van der Waals surface area contributed by atoms with Gasteiger partial charge in [-0.2, -0.15) is 18.2 Å². The Morgan fingerprint density at radius 3 is 2.39 bits per heavy atom. The van der Waals surface area contributed by atoms with E-state index in [1.807, 2.05) is 0 Å². The first-order valence-corrected chi connectivity index (χ1v) is 8.36. The Labute approximate surface area is 158 Å². The molecule has 0 bridgehead atoms. The molecular weight excluding hydrogens is 379 g/mol. The number of halogens is 3. The molecule has 0 saturated carbocycles. The Morgan fingerprint density at radius 2 is 1.79 bits per heavy atom. The van der Waals surface area contributed by atoms with Gasteiger partial charge in [-0.3, -0.25) is 4.79 Å². The highest BCUT2D eigenvalue weighted by Gasteiger charge is 2.34. The Hall–Kier alpha value is -3.11. The number of carbonyl (C=O) groups excluding carboxylic acids is 1. The Morgan fingerprint density at radius 1 is 1.07 bits per heavy atom. The predicted molar refractivity (Wildman–Crippen MR) is 92.5 cm³/mol. The number of ether oxygens (including phenoxy) is 2. The minimum Gasteiger partial charge on any atom is -0.481 e. The molecule has 1 amide bonds. The molecule has 1 aliphatic rings. The van der Waals surface area contributed by atoms with Crippen molar-refractivity contribution in [2.75, 3.05) is 45.3 Å². The van der Waals surface area contributed by atoms with E-state index in [2.05, 4.69) is 15.0 Å². The van der Waals surface area contributed by atoms with Crippen LogP contribution in [0.15, 0.2) is 24.5 Å². The fraction of sp³-hybridized carbons (Fsp3) is 0.412. The number of hydrogen-bond acceptors (Lipinski definition) is 7. The largest absolute Gasteiger partial charge is 0.481 e. The number of rotatable bonds is 4. The first kappa shape index (κ1) is 19.6. The zero-order chi connectivity index (χ0) is 20.3. The second kappa shape index (κ2) is 7.87. The van der Waals surface area contributed by atoms with E-state index < -0.39 is 11.9 Å². The summed E-state index contributed by atoms with van der Waals surface area (Å²) in [7, 11) is 2.86. The molecule has 1 aliphatic heterocycles. The fourth-order valence-corrected chi connectivity index (χ4v) is 2.84. The van der Waals surface area contributed by atoms with Gasteiger partial charge in [-0.1, -0.05) is 0 Å². The molecule has 0 aliphatic carbocycles. The highest BCUT2D eigenvalue weighted by molar-refractivity contribution is 5.96. The summed E-state index contributed by atoms with van der Waals surface area (Å²) < 4.78 is 48.7. The van der Waals surface area contributed by atoms with Gasteiger partial charge in [0.2, 0.25) is 11.8 Å². The number of pyridine rings is 1. The molecule has 2 aromatic heterocycles. The summed E-state index contributed by atoms with van der Waals surface area (Å²) in [5.41, 5.74) is -0.705. The van der Waals surface area contributed by atoms with E-state index >= 15 is 0 Å². The lowest BCUT2D eigenvalue weighted by Crippen LogP contribution is -2.49. The summed E-state index contributed by atoms with van der Waals surface area (Å²) in [6, 6.07) is 4.04. The highest BCUT2D eigenvalue weighted by Crippen LogP contribution is 2.29. The first-order chi connectivity index (χ1) is 13.3. The van der Waals surface area contributed by atoms with Crippen molar-refractivity contribution in [3.8, 4) is 11.8 Å². The molecule has 8 nitrogen and oxygen atoms in total. The molecule has 11 heteroatoms. The molecule has 0 radical (unpaired) electrons. The lowest BCUT2D eigenvalue weighted by molar-refractivity contribution is -0.141. The number of aromatic nitrogens is 3. The van der Waals surface area contributed by atoms with Gasteiger partial charge in [0, 0.05) is 38.3 Å². The van der Waals surface area contributed by atoms with Crippen LogP contribution < -0.4 is 14.4 Å². The summed E-state index contributed by atoms with van der Waals surface area (Å²) in [5, 5.41) is 0. The Bertz CT molecular complexity index is 854. The molecule has 0 aromatic carbocycles. The second-order valence-corrected chi connectivity index (χ2v) is 5.95. The van der Waals surface area contributed by atoms with Crippen molar-refractivity contribution in [2.24, 2.45) is 0 Å². The van der Waals surface area contributed by atoms with Crippen LogP contribution in [0.5, 0.6) is 11.8 Å². The third-order valence-electron chi connectivity index (χ3n) is 4.30. The van der Waals surface area contributed by atoms with Crippen molar-refractivity contribution in [1.29, 1.82) is 0 Å². The van der Waals surface area contributed by atoms with Crippen molar-refractivity contribution in [1.82, 2.24) is 19.9 Å². The van der Waals surface area contributed by atoms with Gasteiger partial charge in [-0.15, -0.1) is 0 Å². The van der Waals surface area contributed by atoms with Crippen molar-refractivity contribution in [2.45, 2.75) is 6.18 Å². The molecule has 150 valence electrons. The highest BCUT2D eigenvalue weighted by atomic mass is 19.4. The molecule has 0 spiro atoms. The molecule has 3 rings (SSSR count). The van der Waals surface area contributed by atoms with E-state index in [0.717, 1.165) is 12.4 Å². The molecule has 1 saturated heterocycles. The van der Waals surface area contributed by atoms with E-state index in [9.17, 15) is 18.0 Å². The topological polar surface area (TPSA) is 80.7 Å². The second-order valence-electron chi connectivity index (χ2n) is 5.95. The predicted octanol–water partition coefficient (Wildman–Crippen LogP) is 1.87. The van der Waals surface area contributed by atoms with Crippen molar-refractivity contribution in [3.63, 3.8) is 0 Å². The Kier molecular flexibility index (Phi) is 5.52. The number of amides is 1. The molecule has 0 N–H and O–H groups in total. The number of methoxy groups -OCH3 is 2. The van der Waals surface area contributed by atoms with Crippen LogP contribution in [-0.2, 0) is 6.18 Å². The SMILES string of the molecule is COc1ccc(C(=O)N2CCN(c3cc(C(F)(F)F)ncn3)CC2)c(OC)n1. The molecule has 2 aromatic rings. The van der Waals surface area contributed by atoms with E-state index in [1.54, 1.807) is 21.9 Å². The van der Waals surface area contributed by atoms with Crippen LogP contribution in [0.1, 0.15) is 16.1 Å². The molecular formula is C17H18F3N5O3. The number of carbonyl (C=O) groups is 1. The van der Waals surface area contributed by atoms with Crippen molar-refractivity contribution >= 4 is 11.7 Å². The average molecular weight is 397 g/mol. The molecule has 3 heterocycles. The van der Waals surface area contributed by atoms with Crippen LogP contribution in [0.2, 0.25) is 0 Å². The summed E-state index contributed by atoms with van der Waals surface area (Å²) in [6.45, 7) is 1.32. The third-order valence-corrected chi connectivity index (χ3v) is 4.30. The van der Waals surface area contributed by atoms with Crippen LogP contribution >= 0.6 is 0 Å². The monoisotopic (exact) mass is 397 g/mol. The van der Waals surface area contributed by atoms with Gasteiger partial charge >= 0.3 is 6.18 Å². The van der Waals surface area contributed by atoms with Crippen LogP contribution in [-0.4, -0.2) is 66.2 Å². The van der Waals surface area contributed by atoms with Gasteiger partial charge in [-0.05, 0) is 6.07 Å². The Balaban J connectivity index is 1.70. The molecule has 1 fully saturated rings. The van der Waals surface area contributed by atoms with E-state index in [4.69, 9.17) is 9.47 Å². The zero-order valence-electron chi connectivity index (χ0n) is 15.2. The normalized spacial score (nSPS) is 14.8. The molecule has 0 unspecified atom stereocenters. The van der Waals surface area contributed by atoms with Gasteiger partial charge in [-0.25, -0.2) is 9.97 Å². The summed E-state index contributed by atoms with van der Waals surface area (Å²) in [4.78, 5) is 27.3. The number of alkyl halides is 3. The van der Waals surface area contributed by atoms with Crippen molar-refractivity contribution in [3.05, 3.63) is 35.8 Å². The molecule has 28 heavy (non-hydrogen) atoms. The zero-order valence-corrected chi connectivity index (χ0v) is 15.2. The lowest BCUT2D eigenvalue weighted by atomic mass is 10.2. The van der Waals surface area contributed by atoms with Gasteiger partial charge < -0.3 is 19.3 Å². The number of nitrogens with zero attached hydrogens (tertiary/aromatic N) is 5. The van der Waals surface area contributed by atoms with E-state index in [0.29, 0.717) is 32.1 Å². The smallest absolute Gasteiger partial charge is 0.433 e. The van der Waals surface area contributed by atoms with E-state index in [-0.39, 0.29) is 23.2 Å². The van der Waals surface area contributed by atoms with Gasteiger partial charge in [0.25, 0.3) is 5.91 Å². The lowest BCUT2D eigenvalue weighted by Gasteiger charge is -2.35. The van der Waals surface area contributed by atoms with E-state index in [1.165, 1.54) is 14.2 Å². The summed E-state index contributed by atoms with van der Waals surface area (Å²) in [6.07, 6.45) is -3.64. The van der Waals surface area contributed by atoms with Crippen LogP contribution in [0.4, 0.5) is 19.0 Å². The summed E-state index contributed by atoms with van der Waals surface area (Å²) in [5.74, 6) is 0.378. The first-order valence-electron chi connectivity index (χ1n) is 8.36. The number of hydrogen-bond donors (Lipinski definition) is 0. The number of piperazine rings is 1. The van der Waals surface area contributed by atoms with Crippen molar-refractivity contribution < 1.29 is 27.4 Å². The minimum atomic E-state index is -4.53. The maximum Gasteiger partial charge on any atom is 0.433 e. The summed E-state index contributed by atoms with van der Waals surface area (Å²) >= 11 is 0. The maximum absolute atomic E-state index is 12.8. The van der Waals surface area contributed by atoms with Gasteiger partial charge in [0.1, 0.15) is 23.4 Å². The standard InChI is InChI=1S/C17H18F3N5O3/c1-27-14-4-3-11(15(23-14)28-2)16(26)25-7-5-24(6-8-25)13-9-12(17(18,19)20)21-10-22-13/h3-4,9-10H,5-8H2,1-2H3. The fourth-order valence-electron chi connectivity index (χ4n) is 2.84. The van der Waals surface area contributed by atoms with Gasteiger partial charge in [0.05, 0.1) is 14.2 Å². The van der Waals surface area contributed by atoms with Gasteiger partial charge in [0.15, 0.2) is 0 Å². The maximum atomic E-state index is 12.8. The third kappa shape index (κ3) is 4.07. The number of anilines is 1. The van der Waals surface area contributed by atoms with Crippen LogP contribution in [0.3, 0.4) is 0 Å². The van der Waals surface area contributed by atoms with Crippen LogP contribution in [0.25, 0.3) is 0 Å². The minimum absolute atomic E-state index is 0.150. The quantitative estimate of drug-likeness (QED) is 0.779.